The first kappa shape index (κ1) is 26.4. The second-order valence-electron chi connectivity index (χ2n) is 8.48. The van der Waals surface area contributed by atoms with E-state index in [1.54, 1.807) is 0 Å². The van der Waals surface area contributed by atoms with Gasteiger partial charge in [0.25, 0.3) is 0 Å². The average molecular weight is 464 g/mol. The van der Waals surface area contributed by atoms with Crippen LogP contribution in [0.1, 0.15) is 47.1 Å². The molecule has 3 rings (SSSR count). The van der Waals surface area contributed by atoms with Gasteiger partial charge < -0.3 is 19.8 Å². The standard InChI is InChI=1S/C23H29F2NO.C2H2O4/c1-15-7-5-8-16(2)21(15)18(14-26(3)13-17-11-12-17)23(27-4)22-19(24)9-6-10-20(22)25;3-1(4)2(5)6/h5-10,17-18,23H,11-14H2,1-4H3;(H,3,4)(H,5,6). The molecular formula is C25H31F2NO5. The summed E-state index contributed by atoms with van der Waals surface area (Å²) in [7, 11) is 3.63. The Morgan fingerprint density at radius 1 is 1.00 bits per heavy atom. The molecule has 1 fully saturated rings. The van der Waals surface area contributed by atoms with Crippen molar-refractivity contribution in [1.82, 2.24) is 4.90 Å². The lowest BCUT2D eigenvalue weighted by Crippen LogP contribution is -2.31. The zero-order valence-electron chi connectivity index (χ0n) is 19.3. The third-order valence-corrected chi connectivity index (χ3v) is 5.77. The van der Waals surface area contributed by atoms with Gasteiger partial charge in [0.2, 0.25) is 0 Å². The molecule has 2 aromatic rings. The van der Waals surface area contributed by atoms with Gasteiger partial charge in [-0.3, -0.25) is 0 Å². The summed E-state index contributed by atoms with van der Waals surface area (Å²) in [5.41, 5.74) is 3.39. The predicted octanol–water partition coefficient (Wildman–Crippen LogP) is 4.55. The number of rotatable bonds is 8. The predicted molar refractivity (Wildman–Crippen MR) is 120 cm³/mol. The number of carboxylic acid groups (broad SMARTS) is 2. The van der Waals surface area contributed by atoms with E-state index >= 15 is 0 Å². The third kappa shape index (κ3) is 7.33. The minimum Gasteiger partial charge on any atom is -0.473 e. The number of carboxylic acids is 2. The molecule has 8 heteroatoms. The van der Waals surface area contributed by atoms with Crippen molar-refractivity contribution in [3.63, 3.8) is 0 Å². The summed E-state index contributed by atoms with van der Waals surface area (Å²) >= 11 is 0. The van der Waals surface area contributed by atoms with Gasteiger partial charge in [-0.2, -0.15) is 0 Å². The van der Waals surface area contributed by atoms with E-state index in [-0.39, 0.29) is 11.5 Å². The minimum atomic E-state index is -1.82. The number of hydrogen-bond donors (Lipinski definition) is 2. The molecule has 0 saturated heterocycles. The largest absolute Gasteiger partial charge is 0.473 e. The summed E-state index contributed by atoms with van der Waals surface area (Å²) in [5, 5.41) is 14.8. The Kier molecular flexibility index (Phi) is 9.49. The van der Waals surface area contributed by atoms with Gasteiger partial charge in [0, 0.05) is 26.1 Å². The van der Waals surface area contributed by atoms with Crippen LogP contribution >= 0.6 is 0 Å². The molecule has 180 valence electrons. The second-order valence-corrected chi connectivity index (χ2v) is 8.48. The number of aryl methyl sites for hydroxylation is 2. The molecule has 0 heterocycles. The number of hydrogen-bond acceptors (Lipinski definition) is 4. The molecule has 33 heavy (non-hydrogen) atoms. The van der Waals surface area contributed by atoms with Crippen LogP contribution in [0.5, 0.6) is 0 Å². The van der Waals surface area contributed by atoms with Crippen molar-refractivity contribution in [2.24, 2.45) is 5.92 Å². The summed E-state index contributed by atoms with van der Waals surface area (Å²) < 4.78 is 34.9. The number of halogens is 2. The molecule has 6 nitrogen and oxygen atoms in total. The maximum Gasteiger partial charge on any atom is 0.414 e. The van der Waals surface area contributed by atoms with Gasteiger partial charge >= 0.3 is 11.9 Å². The SMILES string of the molecule is COC(c1c(F)cccc1F)C(CN(C)CC1CC1)c1c(C)cccc1C.O=C(O)C(=O)O. The van der Waals surface area contributed by atoms with Gasteiger partial charge in [-0.1, -0.05) is 24.3 Å². The fourth-order valence-corrected chi connectivity index (χ4v) is 4.17. The smallest absolute Gasteiger partial charge is 0.414 e. The third-order valence-electron chi connectivity index (χ3n) is 5.77. The molecule has 0 aromatic heterocycles. The van der Waals surface area contributed by atoms with Gasteiger partial charge in [-0.05, 0) is 68.5 Å². The van der Waals surface area contributed by atoms with E-state index in [0.717, 1.165) is 29.2 Å². The quantitative estimate of drug-likeness (QED) is 0.559. The molecule has 1 saturated carbocycles. The van der Waals surface area contributed by atoms with Crippen molar-refractivity contribution in [3.05, 3.63) is 70.3 Å². The Bertz CT molecular complexity index is 925. The maximum atomic E-state index is 14.6. The molecule has 0 aliphatic heterocycles. The van der Waals surface area contributed by atoms with Crippen LogP contribution in [0.15, 0.2) is 36.4 Å². The molecule has 1 aliphatic carbocycles. The first-order valence-corrected chi connectivity index (χ1v) is 10.7. The highest BCUT2D eigenvalue weighted by Crippen LogP contribution is 2.40. The number of ether oxygens (including phenoxy) is 1. The van der Waals surface area contributed by atoms with Crippen molar-refractivity contribution >= 4 is 11.9 Å². The summed E-state index contributed by atoms with van der Waals surface area (Å²) in [6.45, 7) is 5.81. The van der Waals surface area contributed by atoms with Crippen LogP contribution in [-0.4, -0.2) is 54.3 Å². The van der Waals surface area contributed by atoms with Crippen molar-refractivity contribution in [2.75, 3.05) is 27.2 Å². The highest BCUT2D eigenvalue weighted by molar-refractivity contribution is 6.27. The van der Waals surface area contributed by atoms with E-state index < -0.39 is 29.7 Å². The highest BCUT2D eigenvalue weighted by Gasteiger charge is 2.33. The minimum absolute atomic E-state index is 0.0208. The maximum absolute atomic E-state index is 14.6. The first-order chi connectivity index (χ1) is 15.6. The Labute approximate surface area is 192 Å². The zero-order valence-corrected chi connectivity index (χ0v) is 19.3. The molecule has 2 unspecified atom stereocenters. The Balaban J connectivity index is 0.000000569. The summed E-state index contributed by atoms with van der Waals surface area (Å²) in [6.07, 6.45) is 1.86. The van der Waals surface area contributed by atoms with Gasteiger partial charge in [-0.15, -0.1) is 0 Å². The van der Waals surface area contributed by atoms with Crippen LogP contribution in [0.25, 0.3) is 0 Å². The molecule has 2 N–H and O–H groups in total. The summed E-state index contributed by atoms with van der Waals surface area (Å²) in [4.78, 5) is 20.5. The number of nitrogens with zero attached hydrogens (tertiary/aromatic N) is 1. The van der Waals surface area contributed by atoms with Gasteiger partial charge in [-0.25, -0.2) is 18.4 Å². The van der Waals surface area contributed by atoms with Crippen molar-refractivity contribution in [1.29, 1.82) is 0 Å². The molecule has 0 spiro atoms. The van der Waals surface area contributed by atoms with E-state index in [2.05, 4.69) is 37.9 Å². The molecule has 0 radical (unpaired) electrons. The van der Waals surface area contributed by atoms with Crippen molar-refractivity contribution in [3.8, 4) is 0 Å². The van der Waals surface area contributed by atoms with E-state index in [0.29, 0.717) is 6.54 Å². The van der Waals surface area contributed by atoms with Gasteiger partial charge in [0.15, 0.2) is 0 Å². The normalized spacial score (nSPS) is 14.9. The van der Waals surface area contributed by atoms with Crippen LogP contribution in [-0.2, 0) is 14.3 Å². The Hall–Kier alpha value is -2.84. The fraction of sp³-hybridized carbons (Fsp3) is 0.440. The zero-order chi connectivity index (χ0) is 24.7. The lowest BCUT2D eigenvalue weighted by Gasteiger charge is -2.33. The van der Waals surface area contributed by atoms with Crippen molar-refractivity contribution < 1.29 is 33.3 Å². The summed E-state index contributed by atoms with van der Waals surface area (Å²) in [5.74, 6) is -4.16. The lowest BCUT2D eigenvalue weighted by molar-refractivity contribution is -0.159. The highest BCUT2D eigenvalue weighted by atomic mass is 19.1. The van der Waals surface area contributed by atoms with E-state index in [1.165, 1.54) is 38.2 Å². The van der Waals surface area contributed by atoms with E-state index in [1.807, 2.05) is 6.07 Å². The average Bonchev–Trinajstić information content (AvgIpc) is 3.54. The number of likely N-dealkylation sites (N-methyl/N-ethyl adjacent to an activating group) is 1. The van der Waals surface area contributed by atoms with Crippen LogP contribution in [0, 0.1) is 31.4 Å². The summed E-state index contributed by atoms with van der Waals surface area (Å²) in [6, 6.07) is 10.1. The van der Waals surface area contributed by atoms with Gasteiger partial charge in [0.1, 0.15) is 11.6 Å². The number of aliphatic carboxylic acids is 2. The van der Waals surface area contributed by atoms with E-state index in [9.17, 15) is 8.78 Å². The molecule has 0 amide bonds. The number of methoxy groups -OCH3 is 1. The fourth-order valence-electron chi connectivity index (χ4n) is 4.17. The monoisotopic (exact) mass is 463 g/mol. The second kappa shape index (κ2) is 11.9. The Morgan fingerprint density at radius 3 is 1.91 bits per heavy atom. The topological polar surface area (TPSA) is 87.1 Å². The first-order valence-electron chi connectivity index (χ1n) is 10.7. The van der Waals surface area contributed by atoms with Gasteiger partial charge in [0.05, 0.1) is 11.7 Å². The van der Waals surface area contributed by atoms with Crippen LogP contribution in [0.3, 0.4) is 0 Å². The van der Waals surface area contributed by atoms with Crippen molar-refractivity contribution in [2.45, 2.75) is 38.7 Å². The lowest BCUT2D eigenvalue weighted by atomic mass is 9.83. The Morgan fingerprint density at radius 2 is 1.48 bits per heavy atom. The molecule has 2 aromatic carbocycles. The molecule has 1 aliphatic rings. The molecule has 2 atom stereocenters. The number of carbonyl (C=O) groups is 2. The molecule has 0 bridgehead atoms. The number of benzene rings is 2. The van der Waals surface area contributed by atoms with Crippen LogP contribution in [0.2, 0.25) is 0 Å². The van der Waals surface area contributed by atoms with E-state index in [4.69, 9.17) is 24.5 Å². The van der Waals surface area contributed by atoms with Crippen LogP contribution < -0.4 is 0 Å². The van der Waals surface area contributed by atoms with Crippen LogP contribution in [0.4, 0.5) is 8.78 Å². The molecular weight excluding hydrogens is 432 g/mol.